The first-order valence-corrected chi connectivity index (χ1v) is 6.65. The molecule has 3 heterocycles. The summed E-state index contributed by atoms with van der Waals surface area (Å²) >= 11 is 0. The Hall–Kier alpha value is -2.85. The van der Waals surface area contributed by atoms with Crippen LogP contribution in [-0.4, -0.2) is 89.0 Å². The molecule has 0 aliphatic carbocycles. The molecule has 118 valence electrons. The fourth-order valence-electron chi connectivity index (χ4n) is 2.50. The van der Waals surface area contributed by atoms with Gasteiger partial charge in [0.05, 0.1) is 13.3 Å². The first-order chi connectivity index (χ1) is 10.4. The molecule has 0 radical (unpaired) electrons. The number of hydrogen-bond acceptors (Lipinski definition) is 5. The van der Waals surface area contributed by atoms with Gasteiger partial charge in [0.2, 0.25) is 11.8 Å². The number of amides is 8. The average molecular weight is 310 g/mol. The van der Waals surface area contributed by atoms with Crippen molar-refractivity contribution in [2.75, 3.05) is 39.5 Å². The Labute approximate surface area is 124 Å². The predicted octanol–water partition coefficient (Wildman–Crippen LogP) is -2.26. The fraction of sp³-hybridized carbons (Fsp3) is 0.545. The van der Waals surface area contributed by atoms with E-state index in [1.807, 2.05) is 0 Å². The second kappa shape index (κ2) is 5.16. The van der Waals surface area contributed by atoms with Crippen LogP contribution in [0.3, 0.4) is 0 Å². The van der Waals surface area contributed by atoms with E-state index in [0.29, 0.717) is 13.1 Å². The molecular weight excluding hydrogens is 296 g/mol. The van der Waals surface area contributed by atoms with Crippen LogP contribution in [0.1, 0.15) is 0 Å². The molecule has 2 N–H and O–H groups in total. The van der Waals surface area contributed by atoms with Crippen LogP contribution in [0, 0.1) is 0 Å². The van der Waals surface area contributed by atoms with Crippen molar-refractivity contribution in [2.24, 2.45) is 0 Å². The van der Waals surface area contributed by atoms with E-state index in [-0.39, 0.29) is 32.5 Å². The minimum atomic E-state index is -0.527. The number of imide groups is 2. The van der Waals surface area contributed by atoms with E-state index in [1.165, 1.54) is 19.6 Å². The molecule has 0 bridgehead atoms. The molecular formula is C11H14N6O5. The number of carbonyl (C=O) groups is 5. The van der Waals surface area contributed by atoms with Gasteiger partial charge in [-0.05, 0) is 0 Å². The number of carbonyl (C=O) groups excluding carboxylic acids is 5. The van der Waals surface area contributed by atoms with E-state index in [0.717, 1.165) is 0 Å². The van der Waals surface area contributed by atoms with Crippen LogP contribution < -0.4 is 10.6 Å². The van der Waals surface area contributed by atoms with Crippen molar-refractivity contribution >= 4 is 29.9 Å². The van der Waals surface area contributed by atoms with Crippen molar-refractivity contribution in [2.45, 2.75) is 0 Å². The molecule has 11 heteroatoms. The van der Waals surface area contributed by atoms with Crippen LogP contribution in [-0.2, 0) is 9.59 Å². The van der Waals surface area contributed by atoms with Gasteiger partial charge in [-0.2, -0.15) is 0 Å². The first kappa shape index (κ1) is 14.1. The predicted molar refractivity (Wildman–Crippen MR) is 69.0 cm³/mol. The Morgan fingerprint density at radius 3 is 1.41 bits per heavy atom. The molecule has 0 unspecified atom stereocenters. The van der Waals surface area contributed by atoms with Gasteiger partial charge in [0, 0.05) is 13.1 Å². The standard InChI is InChI=1S/C11H14N6O5/c18-7-3-16(9(20)12-7)5-14-1-2-15(11(14)22)6-17-4-8(19)13-10(17)21/h1-6H2,(H,12,18,20)(H,13,19,21). The van der Waals surface area contributed by atoms with Crippen molar-refractivity contribution in [1.82, 2.24) is 30.2 Å². The smallest absolute Gasteiger partial charge is 0.305 e. The number of rotatable bonds is 4. The highest BCUT2D eigenvalue weighted by Crippen LogP contribution is 2.12. The zero-order chi connectivity index (χ0) is 15.9. The van der Waals surface area contributed by atoms with Crippen molar-refractivity contribution in [3.63, 3.8) is 0 Å². The fourth-order valence-corrected chi connectivity index (χ4v) is 2.50. The summed E-state index contributed by atoms with van der Waals surface area (Å²) in [7, 11) is 0. The van der Waals surface area contributed by atoms with Gasteiger partial charge in [-0.1, -0.05) is 0 Å². The van der Waals surface area contributed by atoms with Gasteiger partial charge in [-0.25, -0.2) is 14.4 Å². The zero-order valence-corrected chi connectivity index (χ0v) is 11.6. The lowest BCUT2D eigenvalue weighted by Gasteiger charge is -2.24. The molecule has 22 heavy (non-hydrogen) atoms. The Morgan fingerprint density at radius 2 is 1.09 bits per heavy atom. The van der Waals surface area contributed by atoms with Crippen LogP contribution in [0.4, 0.5) is 14.4 Å². The molecule has 0 aromatic heterocycles. The van der Waals surface area contributed by atoms with Crippen LogP contribution in [0.5, 0.6) is 0 Å². The maximum atomic E-state index is 12.2. The SMILES string of the molecule is O=C1CN(CN2CCN(CN3CC(=O)NC3=O)C2=O)C(=O)N1. The molecule has 0 spiro atoms. The van der Waals surface area contributed by atoms with E-state index in [9.17, 15) is 24.0 Å². The van der Waals surface area contributed by atoms with Crippen LogP contribution in [0.2, 0.25) is 0 Å². The zero-order valence-electron chi connectivity index (χ0n) is 11.6. The van der Waals surface area contributed by atoms with E-state index < -0.39 is 23.9 Å². The Bertz CT molecular complexity index is 529. The quantitative estimate of drug-likeness (QED) is 0.568. The van der Waals surface area contributed by atoms with Gasteiger partial charge in [0.15, 0.2) is 0 Å². The lowest BCUT2D eigenvalue weighted by Crippen LogP contribution is -2.45. The number of nitrogens with one attached hydrogen (secondary N) is 2. The van der Waals surface area contributed by atoms with E-state index >= 15 is 0 Å². The highest BCUT2D eigenvalue weighted by atomic mass is 16.2. The van der Waals surface area contributed by atoms with Gasteiger partial charge in [-0.15, -0.1) is 0 Å². The summed E-state index contributed by atoms with van der Waals surface area (Å²) in [4.78, 5) is 62.7. The molecule has 0 saturated carbocycles. The molecule has 0 aromatic carbocycles. The van der Waals surface area contributed by atoms with Crippen molar-refractivity contribution in [3.05, 3.63) is 0 Å². The van der Waals surface area contributed by atoms with Crippen LogP contribution >= 0.6 is 0 Å². The number of nitrogens with zero attached hydrogens (tertiary/aromatic N) is 4. The van der Waals surface area contributed by atoms with Gasteiger partial charge in [0.1, 0.15) is 13.1 Å². The third-order valence-electron chi connectivity index (χ3n) is 3.60. The summed E-state index contributed by atoms with van der Waals surface area (Å²) in [5, 5.41) is 4.27. The Balaban J connectivity index is 1.56. The van der Waals surface area contributed by atoms with Crippen LogP contribution in [0.15, 0.2) is 0 Å². The molecule has 0 atom stereocenters. The lowest BCUT2D eigenvalue weighted by atomic mass is 10.5. The molecule has 3 rings (SSSR count). The number of hydrogen-bond donors (Lipinski definition) is 2. The van der Waals surface area contributed by atoms with E-state index in [1.54, 1.807) is 0 Å². The summed E-state index contributed by atoms with van der Waals surface area (Å²) < 4.78 is 0. The van der Waals surface area contributed by atoms with Gasteiger partial charge in [-0.3, -0.25) is 30.0 Å². The topological polar surface area (TPSA) is 122 Å². The number of urea groups is 3. The van der Waals surface area contributed by atoms with Gasteiger partial charge < -0.3 is 9.80 Å². The van der Waals surface area contributed by atoms with Gasteiger partial charge >= 0.3 is 18.1 Å². The maximum Gasteiger partial charge on any atom is 0.325 e. The summed E-state index contributed by atoms with van der Waals surface area (Å²) in [6, 6.07) is -1.40. The molecule has 0 aromatic rings. The molecule has 11 nitrogen and oxygen atoms in total. The van der Waals surface area contributed by atoms with E-state index in [4.69, 9.17) is 0 Å². The second-order valence-corrected chi connectivity index (χ2v) is 5.19. The van der Waals surface area contributed by atoms with Gasteiger partial charge in [0.25, 0.3) is 0 Å². The van der Waals surface area contributed by atoms with Crippen LogP contribution in [0.25, 0.3) is 0 Å². The molecule has 3 aliphatic heterocycles. The Kier molecular flexibility index (Phi) is 3.31. The molecule has 8 amide bonds. The van der Waals surface area contributed by atoms with Crippen molar-refractivity contribution in [1.29, 1.82) is 0 Å². The summed E-state index contributed by atoms with van der Waals surface area (Å²) in [5.74, 6) is -0.804. The summed E-state index contributed by atoms with van der Waals surface area (Å²) in [6.07, 6.45) is 0. The van der Waals surface area contributed by atoms with E-state index in [2.05, 4.69) is 10.6 Å². The third kappa shape index (κ3) is 2.52. The molecule has 3 fully saturated rings. The monoisotopic (exact) mass is 310 g/mol. The largest absolute Gasteiger partial charge is 0.325 e. The average Bonchev–Trinajstić information content (AvgIpc) is 3.04. The first-order valence-electron chi connectivity index (χ1n) is 6.65. The van der Waals surface area contributed by atoms with Crippen molar-refractivity contribution in [3.8, 4) is 0 Å². The van der Waals surface area contributed by atoms with Crippen molar-refractivity contribution < 1.29 is 24.0 Å². The Morgan fingerprint density at radius 1 is 0.682 bits per heavy atom. The minimum Gasteiger partial charge on any atom is -0.305 e. The summed E-state index contributed by atoms with van der Waals surface area (Å²) in [6.45, 7) is 0.619. The highest BCUT2D eigenvalue weighted by Gasteiger charge is 2.36. The maximum absolute atomic E-state index is 12.2. The summed E-state index contributed by atoms with van der Waals surface area (Å²) in [5.41, 5.74) is 0. The minimum absolute atomic E-state index is 0.0119. The highest BCUT2D eigenvalue weighted by molar-refractivity contribution is 6.02. The normalized spacial score (nSPS) is 22.1. The molecule has 3 saturated heterocycles. The molecule has 3 aliphatic rings. The third-order valence-corrected chi connectivity index (χ3v) is 3.60. The lowest BCUT2D eigenvalue weighted by molar-refractivity contribution is -0.119. The second-order valence-electron chi connectivity index (χ2n) is 5.19.